The van der Waals surface area contributed by atoms with Crippen LogP contribution in [0.4, 0.5) is 4.79 Å². The predicted octanol–water partition coefficient (Wildman–Crippen LogP) is 2.17. The van der Waals surface area contributed by atoms with Gasteiger partial charge in [0.25, 0.3) is 5.91 Å². The Morgan fingerprint density at radius 3 is 2.43 bits per heavy atom. The minimum atomic E-state index is -0.664. The Morgan fingerprint density at radius 1 is 1.14 bits per heavy atom. The molecule has 1 saturated heterocycles. The summed E-state index contributed by atoms with van der Waals surface area (Å²) in [7, 11) is 2.81. The van der Waals surface area contributed by atoms with Gasteiger partial charge >= 0.3 is 12.0 Å². The Morgan fingerprint density at radius 2 is 1.82 bits per heavy atom. The third-order valence-corrected chi connectivity index (χ3v) is 4.58. The fraction of sp³-hybridized carbons (Fsp3) is 0.250. The molecular formula is C20H21N3O5. The van der Waals surface area contributed by atoms with Crippen molar-refractivity contribution < 1.29 is 23.9 Å². The third-order valence-electron chi connectivity index (χ3n) is 4.58. The zero-order valence-corrected chi connectivity index (χ0v) is 16.1. The number of esters is 1. The number of carbonyl (C=O) groups is 3. The Labute approximate surface area is 162 Å². The molecule has 8 heteroatoms. The standard InChI is InChI=1S/C20H21N3O5/c1-12-9-14(13(2)23(12)15-5-7-16(27-3)8-6-15)10-17-19(25)22(20(26)21-17)11-18(24)28-4/h5-10H,11H2,1-4H3,(H,21,26)/b17-10+. The quantitative estimate of drug-likeness (QED) is 0.486. The maximum Gasteiger partial charge on any atom is 0.329 e. The summed E-state index contributed by atoms with van der Waals surface area (Å²) in [6.07, 6.45) is 1.61. The number of rotatable bonds is 5. The normalized spacial score (nSPS) is 15.1. The molecule has 1 fully saturated rings. The van der Waals surface area contributed by atoms with Crippen LogP contribution in [-0.2, 0) is 14.3 Å². The van der Waals surface area contributed by atoms with Crippen molar-refractivity contribution >= 4 is 24.0 Å². The molecular weight excluding hydrogens is 362 g/mol. The number of aromatic nitrogens is 1. The number of hydrogen-bond acceptors (Lipinski definition) is 5. The van der Waals surface area contributed by atoms with E-state index in [4.69, 9.17) is 4.74 Å². The van der Waals surface area contributed by atoms with E-state index >= 15 is 0 Å². The van der Waals surface area contributed by atoms with Crippen LogP contribution in [-0.4, -0.2) is 48.1 Å². The van der Waals surface area contributed by atoms with Crippen molar-refractivity contribution in [1.82, 2.24) is 14.8 Å². The zero-order valence-electron chi connectivity index (χ0n) is 16.1. The van der Waals surface area contributed by atoms with Gasteiger partial charge in [0.1, 0.15) is 18.0 Å². The van der Waals surface area contributed by atoms with E-state index in [1.54, 1.807) is 13.2 Å². The minimum Gasteiger partial charge on any atom is -0.497 e. The summed E-state index contributed by atoms with van der Waals surface area (Å²) in [5.41, 5.74) is 3.73. The monoisotopic (exact) mass is 383 g/mol. The lowest BCUT2D eigenvalue weighted by Crippen LogP contribution is -2.36. The molecule has 3 rings (SSSR count). The van der Waals surface area contributed by atoms with E-state index in [1.165, 1.54) is 7.11 Å². The second-order valence-corrected chi connectivity index (χ2v) is 6.32. The molecule has 146 valence electrons. The van der Waals surface area contributed by atoms with Crippen molar-refractivity contribution in [2.75, 3.05) is 20.8 Å². The average Bonchev–Trinajstić information content (AvgIpc) is 3.11. The van der Waals surface area contributed by atoms with Crippen LogP contribution in [0, 0.1) is 13.8 Å². The van der Waals surface area contributed by atoms with Gasteiger partial charge in [-0.3, -0.25) is 9.59 Å². The molecule has 3 amide bonds. The van der Waals surface area contributed by atoms with Crippen LogP contribution in [0.5, 0.6) is 5.75 Å². The van der Waals surface area contributed by atoms with E-state index in [-0.39, 0.29) is 5.70 Å². The first-order chi connectivity index (χ1) is 13.3. The van der Waals surface area contributed by atoms with Crippen LogP contribution >= 0.6 is 0 Å². The van der Waals surface area contributed by atoms with E-state index in [0.29, 0.717) is 0 Å². The zero-order chi connectivity index (χ0) is 20.4. The second kappa shape index (κ2) is 7.59. The predicted molar refractivity (Wildman–Crippen MR) is 102 cm³/mol. The topological polar surface area (TPSA) is 89.9 Å². The minimum absolute atomic E-state index is 0.115. The van der Waals surface area contributed by atoms with Gasteiger partial charge in [0.2, 0.25) is 0 Å². The van der Waals surface area contributed by atoms with E-state index < -0.39 is 24.5 Å². The molecule has 2 heterocycles. The summed E-state index contributed by atoms with van der Waals surface area (Å²) in [5.74, 6) is -0.467. The number of urea groups is 1. The molecule has 0 unspecified atom stereocenters. The highest BCUT2D eigenvalue weighted by Gasteiger charge is 2.35. The lowest BCUT2D eigenvalue weighted by Gasteiger charge is -2.10. The lowest BCUT2D eigenvalue weighted by molar-refractivity contribution is -0.143. The molecule has 0 bridgehead atoms. The summed E-state index contributed by atoms with van der Waals surface area (Å²) in [5, 5.41) is 2.51. The Balaban J connectivity index is 1.92. The molecule has 1 aromatic heterocycles. The van der Waals surface area contributed by atoms with Crippen molar-refractivity contribution in [3.8, 4) is 11.4 Å². The van der Waals surface area contributed by atoms with E-state index in [1.807, 2.05) is 48.7 Å². The number of hydrogen-bond donors (Lipinski definition) is 1. The molecule has 8 nitrogen and oxygen atoms in total. The average molecular weight is 383 g/mol. The molecule has 1 aliphatic heterocycles. The maximum absolute atomic E-state index is 12.5. The number of carbonyl (C=O) groups excluding carboxylic acids is 3. The van der Waals surface area contributed by atoms with Gasteiger partial charge in [-0.05, 0) is 55.8 Å². The van der Waals surface area contributed by atoms with Crippen LogP contribution in [0.25, 0.3) is 11.8 Å². The number of methoxy groups -OCH3 is 2. The third kappa shape index (κ3) is 3.48. The molecule has 0 spiro atoms. The van der Waals surface area contributed by atoms with Gasteiger partial charge < -0.3 is 19.4 Å². The lowest BCUT2D eigenvalue weighted by atomic mass is 10.2. The van der Waals surface area contributed by atoms with Crippen LogP contribution in [0.1, 0.15) is 17.0 Å². The number of amides is 3. The summed E-state index contributed by atoms with van der Waals surface area (Å²) in [6.45, 7) is 3.46. The van der Waals surface area contributed by atoms with Gasteiger partial charge in [0.05, 0.1) is 14.2 Å². The maximum atomic E-state index is 12.5. The van der Waals surface area contributed by atoms with Gasteiger partial charge in [0.15, 0.2) is 0 Å². The Kier molecular flexibility index (Phi) is 5.21. The SMILES string of the molecule is COC(=O)CN1C(=O)N/C(=C/c2cc(C)n(-c3ccc(OC)cc3)c2C)C1=O. The number of ether oxygens (including phenoxy) is 2. The smallest absolute Gasteiger partial charge is 0.329 e. The summed E-state index contributed by atoms with van der Waals surface area (Å²) in [4.78, 5) is 36.7. The molecule has 28 heavy (non-hydrogen) atoms. The highest BCUT2D eigenvalue weighted by Crippen LogP contribution is 2.25. The van der Waals surface area contributed by atoms with Gasteiger partial charge in [0, 0.05) is 17.1 Å². The van der Waals surface area contributed by atoms with E-state index in [2.05, 4.69) is 10.1 Å². The molecule has 1 N–H and O–H groups in total. The van der Waals surface area contributed by atoms with E-state index in [9.17, 15) is 14.4 Å². The highest BCUT2D eigenvalue weighted by atomic mass is 16.5. The van der Waals surface area contributed by atoms with Crippen LogP contribution in [0.2, 0.25) is 0 Å². The molecule has 0 radical (unpaired) electrons. The molecule has 0 aliphatic carbocycles. The largest absolute Gasteiger partial charge is 0.497 e. The van der Waals surface area contributed by atoms with Crippen molar-refractivity contribution in [3.05, 3.63) is 53.0 Å². The van der Waals surface area contributed by atoms with Crippen LogP contribution < -0.4 is 10.1 Å². The second-order valence-electron chi connectivity index (χ2n) is 6.32. The number of imide groups is 1. The van der Waals surface area contributed by atoms with Crippen molar-refractivity contribution in [2.45, 2.75) is 13.8 Å². The van der Waals surface area contributed by atoms with Crippen LogP contribution in [0.3, 0.4) is 0 Å². The Hall–Kier alpha value is -3.55. The van der Waals surface area contributed by atoms with Gasteiger partial charge in [-0.1, -0.05) is 0 Å². The highest BCUT2D eigenvalue weighted by molar-refractivity contribution is 6.15. The van der Waals surface area contributed by atoms with Gasteiger partial charge in [-0.25, -0.2) is 9.69 Å². The van der Waals surface area contributed by atoms with Crippen LogP contribution in [0.15, 0.2) is 36.0 Å². The molecule has 0 saturated carbocycles. The fourth-order valence-electron chi connectivity index (χ4n) is 3.13. The summed E-state index contributed by atoms with van der Waals surface area (Å²) >= 11 is 0. The summed E-state index contributed by atoms with van der Waals surface area (Å²) < 4.78 is 11.8. The first-order valence-corrected chi connectivity index (χ1v) is 8.60. The van der Waals surface area contributed by atoms with Crippen molar-refractivity contribution in [3.63, 3.8) is 0 Å². The van der Waals surface area contributed by atoms with Crippen molar-refractivity contribution in [2.24, 2.45) is 0 Å². The first kappa shape index (κ1) is 19.2. The van der Waals surface area contributed by atoms with Gasteiger partial charge in [-0.15, -0.1) is 0 Å². The summed E-state index contributed by atoms with van der Waals surface area (Å²) in [6, 6.07) is 8.91. The number of nitrogens with one attached hydrogen (secondary N) is 1. The number of benzene rings is 1. The number of nitrogens with zero attached hydrogens (tertiary/aromatic N) is 2. The fourth-order valence-corrected chi connectivity index (χ4v) is 3.13. The molecule has 0 atom stereocenters. The van der Waals surface area contributed by atoms with E-state index in [0.717, 1.165) is 33.3 Å². The molecule has 2 aromatic rings. The number of aryl methyl sites for hydroxylation is 1. The molecule has 1 aromatic carbocycles. The molecule has 1 aliphatic rings. The Bertz CT molecular complexity index is 972. The van der Waals surface area contributed by atoms with Crippen molar-refractivity contribution in [1.29, 1.82) is 0 Å². The first-order valence-electron chi connectivity index (χ1n) is 8.60. The van der Waals surface area contributed by atoms with Gasteiger partial charge in [-0.2, -0.15) is 0 Å².